The van der Waals surface area contributed by atoms with Crippen LogP contribution in [-0.2, 0) is 14.4 Å². The van der Waals surface area contributed by atoms with E-state index in [1.165, 1.54) is 25.6 Å². The Balaban J connectivity index is 0.00000227. The molecule has 5 amide bonds. The molecule has 0 radical (unpaired) electrons. The zero-order valence-corrected chi connectivity index (χ0v) is 22.3. The van der Waals surface area contributed by atoms with Crippen molar-refractivity contribution < 1.29 is 19.2 Å². The second-order valence-corrected chi connectivity index (χ2v) is 7.62. The first-order valence-electron chi connectivity index (χ1n) is 12.4. The zero-order chi connectivity index (χ0) is 27.3. The lowest BCUT2D eigenvalue weighted by Crippen LogP contribution is -2.50. The minimum atomic E-state index is -0.795. The summed E-state index contributed by atoms with van der Waals surface area (Å²) in [6.45, 7) is 10.3. The van der Waals surface area contributed by atoms with Crippen molar-refractivity contribution in [2.75, 3.05) is 20.1 Å². The number of amides is 5. The van der Waals surface area contributed by atoms with Crippen LogP contribution in [0.25, 0.3) is 5.57 Å². The molecule has 1 aliphatic rings. The second kappa shape index (κ2) is 19.5. The van der Waals surface area contributed by atoms with Gasteiger partial charge in [0.2, 0.25) is 17.7 Å². The van der Waals surface area contributed by atoms with Crippen molar-refractivity contribution >= 4 is 29.3 Å². The van der Waals surface area contributed by atoms with E-state index in [0.29, 0.717) is 42.6 Å². The van der Waals surface area contributed by atoms with Crippen LogP contribution >= 0.6 is 0 Å². The van der Waals surface area contributed by atoms with E-state index < -0.39 is 23.9 Å². The van der Waals surface area contributed by atoms with E-state index >= 15 is 0 Å². The van der Waals surface area contributed by atoms with E-state index in [1.807, 2.05) is 19.9 Å². The molecule has 0 fully saturated rings. The van der Waals surface area contributed by atoms with Gasteiger partial charge in [-0.15, -0.1) is 0 Å². The Morgan fingerprint density at radius 3 is 2.44 bits per heavy atom. The van der Waals surface area contributed by atoms with Crippen molar-refractivity contribution in [2.24, 2.45) is 0 Å². The van der Waals surface area contributed by atoms with Crippen molar-refractivity contribution in [3.8, 4) is 0 Å². The maximum Gasteiger partial charge on any atom is 0.314 e. The third-order valence-electron chi connectivity index (χ3n) is 4.62. The summed E-state index contributed by atoms with van der Waals surface area (Å²) in [6.07, 6.45) is 5.79. The van der Waals surface area contributed by atoms with E-state index in [1.54, 1.807) is 19.1 Å². The molecule has 0 aromatic heterocycles. The van der Waals surface area contributed by atoms with Gasteiger partial charge >= 0.3 is 6.03 Å². The van der Waals surface area contributed by atoms with Crippen LogP contribution in [0.2, 0.25) is 0 Å². The van der Waals surface area contributed by atoms with E-state index in [0.717, 1.165) is 0 Å². The third kappa shape index (κ3) is 13.2. The molecule has 1 heterocycles. The van der Waals surface area contributed by atoms with Gasteiger partial charge in [0.25, 0.3) is 0 Å². The molecule has 5 N–H and O–H groups in total. The fourth-order valence-corrected chi connectivity index (χ4v) is 2.86. The number of carbonyl (C=O) groups excluding carboxylic acids is 4. The van der Waals surface area contributed by atoms with Crippen LogP contribution in [0.5, 0.6) is 0 Å². The monoisotopic (exact) mass is 499 g/mol. The molecule has 9 heteroatoms. The molecule has 198 valence electrons. The minimum Gasteiger partial charge on any atom is -0.353 e. The van der Waals surface area contributed by atoms with E-state index in [2.05, 4.69) is 52.6 Å². The average molecular weight is 500 g/mol. The quantitative estimate of drug-likeness (QED) is 0.436. The van der Waals surface area contributed by atoms with Gasteiger partial charge in [0.05, 0.1) is 6.54 Å². The summed E-state index contributed by atoms with van der Waals surface area (Å²) in [4.78, 5) is 48.5. The summed E-state index contributed by atoms with van der Waals surface area (Å²) in [5, 5.41) is 13.0. The van der Waals surface area contributed by atoms with Crippen LogP contribution < -0.4 is 26.6 Å². The number of hydrogen-bond acceptors (Lipinski definition) is 4. The summed E-state index contributed by atoms with van der Waals surface area (Å²) in [5.74, 6) is -1.14. The molecule has 0 spiro atoms. The molecule has 0 aliphatic carbocycles. The number of rotatable bonds is 4. The molecule has 0 unspecified atom stereocenters. The lowest BCUT2D eigenvalue weighted by molar-refractivity contribution is -0.128. The molecular weight excluding hydrogens is 458 g/mol. The summed E-state index contributed by atoms with van der Waals surface area (Å²) < 4.78 is 0. The highest BCUT2D eigenvalue weighted by Crippen LogP contribution is 2.16. The molecule has 0 saturated heterocycles. The highest BCUT2D eigenvalue weighted by Gasteiger charge is 2.22. The van der Waals surface area contributed by atoms with Crippen LogP contribution in [0.4, 0.5) is 4.79 Å². The van der Waals surface area contributed by atoms with Gasteiger partial charge in [0, 0.05) is 30.9 Å². The molecular formula is C27H41N5O4. The molecule has 1 aromatic rings. The number of allylic oxidation sites excluding steroid dienone is 2. The van der Waals surface area contributed by atoms with Gasteiger partial charge in [0.1, 0.15) is 6.04 Å². The summed E-state index contributed by atoms with van der Waals surface area (Å²) in [7, 11) is 1.44. The van der Waals surface area contributed by atoms with Gasteiger partial charge in [-0.2, -0.15) is 0 Å². The first-order valence-corrected chi connectivity index (χ1v) is 12.4. The fourth-order valence-electron chi connectivity index (χ4n) is 2.86. The molecule has 1 atom stereocenters. The van der Waals surface area contributed by atoms with E-state index in [-0.39, 0.29) is 12.5 Å². The van der Waals surface area contributed by atoms with Crippen LogP contribution in [-0.4, -0.2) is 49.9 Å². The molecule has 1 aliphatic heterocycles. The Labute approximate surface area is 215 Å². The molecule has 9 nitrogen and oxygen atoms in total. The largest absolute Gasteiger partial charge is 0.353 e. The van der Waals surface area contributed by atoms with Crippen molar-refractivity contribution in [3.63, 3.8) is 0 Å². The van der Waals surface area contributed by atoms with Crippen molar-refractivity contribution in [2.45, 2.75) is 66.3 Å². The van der Waals surface area contributed by atoms with Crippen LogP contribution in [0.1, 0.15) is 65.9 Å². The standard InChI is InChI=1S/C22H27N5O4.C3H8.C2H6/c1-15(16-8-4-3-5-9-16)17-11-12-19(28)24-13-7-6-10-18(21(30)27-17)26-20(29)14-25-22(31)23-2;1-3-2;1-2/h3-4,8,11-12,18H,6-7,10,13-14H2,1-2H3,(H,24,28)(H,26,29)(H,27,30)(H2,23,25,31);3H2,1-2H3;1-2H3/b12-11+,17-15+;;/t18-;;/m0../s1. The minimum absolute atomic E-state index is 0.254. The number of carbonyl (C=O) groups is 4. The SMILES string of the molecule is CC.CCC.CNC(=O)NCC(=O)N[C@H]1CCCCNC(=O)/C=C/C(=C(/C)c2c#cccc2)NC1=O. The summed E-state index contributed by atoms with van der Waals surface area (Å²) >= 11 is 0. The zero-order valence-electron chi connectivity index (χ0n) is 22.3. The predicted molar refractivity (Wildman–Crippen MR) is 143 cm³/mol. The number of nitrogens with one attached hydrogen (secondary N) is 5. The topological polar surface area (TPSA) is 128 Å². The normalized spacial score (nSPS) is 17.8. The molecule has 36 heavy (non-hydrogen) atoms. The van der Waals surface area contributed by atoms with Crippen LogP contribution in [0.3, 0.4) is 0 Å². The number of hydrogen-bond donors (Lipinski definition) is 5. The van der Waals surface area contributed by atoms with Gasteiger partial charge in [0.15, 0.2) is 0 Å². The van der Waals surface area contributed by atoms with Gasteiger partial charge < -0.3 is 26.6 Å². The predicted octanol–water partition coefficient (Wildman–Crippen LogP) is 2.85. The summed E-state index contributed by atoms with van der Waals surface area (Å²) in [6, 6.07) is 9.87. The molecule has 1 aromatic carbocycles. The smallest absolute Gasteiger partial charge is 0.314 e. The molecule has 2 rings (SSSR count). The first kappa shape index (κ1) is 32.2. The summed E-state index contributed by atoms with van der Waals surface area (Å²) in [5.41, 5.74) is 1.82. The Morgan fingerprint density at radius 1 is 1.14 bits per heavy atom. The van der Waals surface area contributed by atoms with E-state index in [9.17, 15) is 19.2 Å². The van der Waals surface area contributed by atoms with Gasteiger partial charge in [-0.25, -0.2) is 4.79 Å². The van der Waals surface area contributed by atoms with Crippen molar-refractivity contribution in [1.82, 2.24) is 26.6 Å². The van der Waals surface area contributed by atoms with Crippen molar-refractivity contribution in [1.29, 1.82) is 0 Å². The van der Waals surface area contributed by atoms with Gasteiger partial charge in [-0.05, 0) is 50.0 Å². The highest BCUT2D eigenvalue weighted by atomic mass is 16.2. The highest BCUT2D eigenvalue weighted by molar-refractivity contribution is 5.93. The Kier molecular flexibility index (Phi) is 17.4. The molecule has 0 bridgehead atoms. The third-order valence-corrected chi connectivity index (χ3v) is 4.62. The Morgan fingerprint density at radius 2 is 1.83 bits per heavy atom. The van der Waals surface area contributed by atoms with Crippen LogP contribution in [0.15, 0.2) is 36.0 Å². The van der Waals surface area contributed by atoms with Crippen molar-refractivity contribution in [3.05, 3.63) is 53.7 Å². The number of urea groups is 1. The Bertz CT molecular complexity index is 881. The van der Waals surface area contributed by atoms with Gasteiger partial charge in [-0.1, -0.05) is 52.3 Å². The second-order valence-electron chi connectivity index (χ2n) is 7.62. The van der Waals surface area contributed by atoms with Crippen LogP contribution in [0, 0.1) is 12.1 Å². The lowest BCUT2D eigenvalue weighted by Gasteiger charge is -2.20. The Hall–Kier alpha value is -3.80. The first-order chi connectivity index (χ1) is 17.3. The maximum absolute atomic E-state index is 13.0. The van der Waals surface area contributed by atoms with Gasteiger partial charge in [-0.3, -0.25) is 14.4 Å². The lowest BCUT2D eigenvalue weighted by atomic mass is 10.0. The van der Waals surface area contributed by atoms with E-state index in [4.69, 9.17) is 0 Å². The fraction of sp³-hybridized carbons (Fsp3) is 0.481. The maximum atomic E-state index is 13.0. The molecule has 0 saturated carbocycles. The average Bonchev–Trinajstić information content (AvgIpc) is 2.89.